The van der Waals surface area contributed by atoms with Crippen molar-refractivity contribution in [2.75, 3.05) is 0 Å². The molecular weight excluding hydrogens is 250 g/mol. The SMILES string of the molecule is O=C(O)NC1CCC(C=CCCc2ccccc2)CC1. The molecule has 0 radical (unpaired) electrons. The van der Waals surface area contributed by atoms with E-state index in [0.717, 1.165) is 38.5 Å². The first-order valence-electron chi connectivity index (χ1n) is 7.44. The number of rotatable bonds is 5. The third kappa shape index (κ3) is 5.08. The van der Waals surface area contributed by atoms with Gasteiger partial charge in [-0.1, -0.05) is 42.5 Å². The Morgan fingerprint density at radius 1 is 1.20 bits per heavy atom. The minimum absolute atomic E-state index is 0.154. The highest BCUT2D eigenvalue weighted by atomic mass is 16.4. The fourth-order valence-corrected chi connectivity index (χ4v) is 2.81. The van der Waals surface area contributed by atoms with Gasteiger partial charge in [0.25, 0.3) is 0 Å². The van der Waals surface area contributed by atoms with Crippen molar-refractivity contribution in [1.82, 2.24) is 5.32 Å². The van der Waals surface area contributed by atoms with Gasteiger partial charge in [0, 0.05) is 6.04 Å². The van der Waals surface area contributed by atoms with Gasteiger partial charge in [-0.3, -0.25) is 0 Å². The van der Waals surface area contributed by atoms with Crippen molar-refractivity contribution < 1.29 is 9.90 Å². The Bertz CT molecular complexity index is 434. The second-order valence-electron chi connectivity index (χ2n) is 5.51. The lowest BCUT2D eigenvalue weighted by molar-refractivity contribution is 0.184. The van der Waals surface area contributed by atoms with Gasteiger partial charge in [0.15, 0.2) is 0 Å². The van der Waals surface area contributed by atoms with E-state index in [9.17, 15) is 4.79 Å². The van der Waals surface area contributed by atoms with E-state index in [4.69, 9.17) is 5.11 Å². The van der Waals surface area contributed by atoms with Crippen LogP contribution in [0.25, 0.3) is 0 Å². The Hall–Kier alpha value is -1.77. The van der Waals surface area contributed by atoms with Crippen LogP contribution >= 0.6 is 0 Å². The first kappa shape index (κ1) is 14.6. The molecule has 0 aromatic heterocycles. The largest absolute Gasteiger partial charge is 0.465 e. The third-order valence-electron chi connectivity index (χ3n) is 3.95. The molecule has 20 heavy (non-hydrogen) atoms. The van der Waals surface area contributed by atoms with Crippen molar-refractivity contribution in [1.29, 1.82) is 0 Å². The summed E-state index contributed by atoms with van der Waals surface area (Å²) in [5.74, 6) is 0.623. The smallest absolute Gasteiger partial charge is 0.404 e. The molecule has 0 unspecified atom stereocenters. The number of aryl methyl sites for hydroxylation is 1. The summed E-state index contributed by atoms with van der Waals surface area (Å²) in [5.41, 5.74) is 1.38. The van der Waals surface area contributed by atoms with Crippen molar-refractivity contribution in [2.24, 2.45) is 5.92 Å². The Balaban J connectivity index is 1.65. The minimum Gasteiger partial charge on any atom is -0.465 e. The van der Waals surface area contributed by atoms with E-state index in [0.29, 0.717) is 5.92 Å². The van der Waals surface area contributed by atoms with E-state index in [1.807, 2.05) is 6.07 Å². The predicted molar refractivity (Wildman–Crippen MR) is 80.8 cm³/mol. The number of allylic oxidation sites excluding steroid dienone is 2. The highest BCUT2D eigenvalue weighted by molar-refractivity contribution is 5.64. The number of carbonyl (C=O) groups is 1. The lowest BCUT2D eigenvalue weighted by Crippen LogP contribution is -2.36. The predicted octanol–water partition coefficient (Wildman–Crippen LogP) is 4.00. The summed E-state index contributed by atoms with van der Waals surface area (Å²) >= 11 is 0. The Kier molecular flexibility index (Phi) is 5.66. The molecule has 1 fully saturated rings. The summed E-state index contributed by atoms with van der Waals surface area (Å²) in [7, 11) is 0. The summed E-state index contributed by atoms with van der Waals surface area (Å²) in [6.45, 7) is 0. The summed E-state index contributed by atoms with van der Waals surface area (Å²) < 4.78 is 0. The van der Waals surface area contributed by atoms with Crippen LogP contribution in [-0.4, -0.2) is 17.2 Å². The highest BCUT2D eigenvalue weighted by Gasteiger charge is 2.20. The molecule has 0 bridgehead atoms. The molecule has 0 aliphatic heterocycles. The van der Waals surface area contributed by atoms with Crippen LogP contribution in [0.3, 0.4) is 0 Å². The monoisotopic (exact) mass is 273 g/mol. The number of benzene rings is 1. The first-order valence-corrected chi connectivity index (χ1v) is 7.44. The molecule has 1 aliphatic carbocycles. The minimum atomic E-state index is -0.896. The molecule has 3 nitrogen and oxygen atoms in total. The molecule has 1 saturated carbocycles. The number of hydrogen-bond acceptors (Lipinski definition) is 1. The van der Waals surface area contributed by atoms with Gasteiger partial charge < -0.3 is 10.4 Å². The van der Waals surface area contributed by atoms with Crippen LogP contribution in [0, 0.1) is 5.92 Å². The summed E-state index contributed by atoms with van der Waals surface area (Å²) in [5, 5.41) is 11.3. The number of carboxylic acid groups (broad SMARTS) is 1. The van der Waals surface area contributed by atoms with Crippen LogP contribution in [0.1, 0.15) is 37.7 Å². The second-order valence-corrected chi connectivity index (χ2v) is 5.51. The van der Waals surface area contributed by atoms with Gasteiger partial charge >= 0.3 is 6.09 Å². The maximum absolute atomic E-state index is 10.6. The van der Waals surface area contributed by atoms with Crippen molar-refractivity contribution >= 4 is 6.09 Å². The molecule has 108 valence electrons. The molecule has 1 aromatic carbocycles. The van der Waals surface area contributed by atoms with Crippen molar-refractivity contribution in [2.45, 2.75) is 44.6 Å². The maximum atomic E-state index is 10.6. The topological polar surface area (TPSA) is 49.3 Å². The normalized spacial score (nSPS) is 22.8. The molecule has 2 N–H and O–H groups in total. The van der Waals surface area contributed by atoms with Crippen molar-refractivity contribution in [3.8, 4) is 0 Å². The molecular formula is C17H23NO2. The van der Waals surface area contributed by atoms with Gasteiger partial charge in [-0.05, 0) is 50.0 Å². The lowest BCUT2D eigenvalue weighted by Gasteiger charge is -2.26. The van der Waals surface area contributed by atoms with Crippen molar-refractivity contribution in [3.05, 3.63) is 48.0 Å². The van der Waals surface area contributed by atoms with Crippen LogP contribution in [-0.2, 0) is 6.42 Å². The first-order chi connectivity index (χ1) is 9.74. The van der Waals surface area contributed by atoms with Gasteiger partial charge in [-0.2, -0.15) is 0 Å². The van der Waals surface area contributed by atoms with Gasteiger partial charge in [-0.25, -0.2) is 4.79 Å². The number of amides is 1. The molecule has 0 atom stereocenters. The molecule has 0 heterocycles. The fraction of sp³-hybridized carbons (Fsp3) is 0.471. The fourth-order valence-electron chi connectivity index (χ4n) is 2.81. The highest BCUT2D eigenvalue weighted by Crippen LogP contribution is 2.25. The Labute approximate surface area is 120 Å². The average Bonchev–Trinajstić information content (AvgIpc) is 2.46. The molecule has 1 amide bonds. The van der Waals surface area contributed by atoms with E-state index >= 15 is 0 Å². The van der Waals surface area contributed by atoms with Crippen molar-refractivity contribution in [3.63, 3.8) is 0 Å². The zero-order valence-corrected chi connectivity index (χ0v) is 11.8. The summed E-state index contributed by atoms with van der Waals surface area (Å²) in [6.07, 6.45) is 9.97. The Morgan fingerprint density at radius 2 is 1.90 bits per heavy atom. The number of hydrogen-bond donors (Lipinski definition) is 2. The molecule has 2 rings (SSSR count). The van der Waals surface area contributed by atoms with Crippen LogP contribution < -0.4 is 5.32 Å². The van der Waals surface area contributed by atoms with E-state index in [2.05, 4.69) is 41.7 Å². The third-order valence-corrected chi connectivity index (χ3v) is 3.95. The number of nitrogens with one attached hydrogen (secondary N) is 1. The lowest BCUT2D eigenvalue weighted by atomic mass is 9.85. The van der Waals surface area contributed by atoms with E-state index < -0.39 is 6.09 Å². The molecule has 0 saturated heterocycles. The van der Waals surface area contributed by atoms with Crippen LogP contribution in [0.15, 0.2) is 42.5 Å². The van der Waals surface area contributed by atoms with Gasteiger partial charge in [0.1, 0.15) is 0 Å². The average molecular weight is 273 g/mol. The molecule has 1 aromatic rings. The van der Waals surface area contributed by atoms with Crippen LogP contribution in [0.5, 0.6) is 0 Å². The zero-order chi connectivity index (χ0) is 14.2. The van der Waals surface area contributed by atoms with E-state index in [1.54, 1.807) is 0 Å². The summed E-state index contributed by atoms with van der Waals surface area (Å²) in [4.78, 5) is 10.6. The van der Waals surface area contributed by atoms with Gasteiger partial charge in [0.2, 0.25) is 0 Å². The molecule has 0 spiro atoms. The zero-order valence-electron chi connectivity index (χ0n) is 11.8. The molecule has 3 heteroatoms. The van der Waals surface area contributed by atoms with Crippen LogP contribution in [0.2, 0.25) is 0 Å². The van der Waals surface area contributed by atoms with E-state index in [1.165, 1.54) is 5.56 Å². The standard InChI is InChI=1S/C17H23NO2/c19-17(20)18-16-12-10-15(11-13-16)9-5-4-8-14-6-2-1-3-7-14/h1-3,5-7,9,15-16,18H,4,8,10-13H2,(H,19,20). The van der Waals surface area contributed by atoms with Gasteiger partial charge in [0.05, 0.1) is 0 Å². The van der Waals surface area contributed by atoms with Crippen LogP contribution in [0.4, 0.5) is 4.79 Å². The maximum Gasteiger partial charge on any atom is 0.404 e. The van der Waals surface area contributed by atoms with Gasteiger partial charge in [-0.15, -0.1) is 0 Å². The summed E-state index contributed by atoms with van der Waals surface area (Å²) in [6, 6.07) is 10.7. The quantitative estimate of drug-likeness (QED) is 0.797. The molecule has 1 aliphatic rings. The van der Waals surface area contributed by atoms with E-state index in [-0.39, 0.29) is 6.04 Å². The Morgan fingerprint density at radius 3 is 2.55 bits per heavy atom. The second kappa shape index (κ2) is 7.73.